The van der Waals surface area contributed by atoms with Crippen LogP contribution in [0, 0.1) is 5.92 Å². The maximum Gasteiger partial charge on any atom is 0.262 e. The molecule has 27 heavy (non-hydrogen) atoms. The Labute approximate surface area is 167 Å². The van der Waals surface area contributed by atoms with Gasteiger partial charge in [0.2, 0.25) is 5.91 Å². The molecule has 3 rings (SSSR count). The molecule has 2 aromatic rings. The van der Waals surface area contributed by atoms with E-state index in [0.717, 1.165) is 0 Å². The van der Waals surface area contributed by atoms with Crippen LogP contribution in [0.4, 0.5) is 0 Å². The number of amides is 1. The summed E-state index contributed by atoms with van der Waals surface area (Å²) in [6.45, 7) is 8.83. The van der Waals surface area contributed by atoms with Crippen molar-refractivity contribution in [3.05, 3.63) is 33.6 Å². The highest BCUT2D eigenvalue weighted by Gasteiger charge is 2.25. The van der Waals surface area contributed by atoms with E-state index in [1.807, 2.05) is 25.7 Å². The zero-order valence-corrected chi connectivity index (χ0v) is 17.3. The van der Waals surface area contributed by atoms with Crippen molar-refractivity contribution in [1.29, 1.82) is 0 Å². The largest absolute Gasteiger partial charge is 0.378 e. The van der Waals surface area contributed by atoms with Gasteiger partial charge in [-0.05, 0) is 31.0 Å². The molecule has 146 valence electrons. The summed E-state index contributed by atoms with van der Waals surface area (Å²) in [4.78, 5) is 32.3. The van der Waals surface area contributed by atoms with Gasteiger partial charge in [0.25, 0.3) is 5.56 Å². The highest BCUT2D eigenvalue weighted by Crippen LogP contribution is 2.25. The average Bonchev–Trinajstić information content (AvgIpc) is 2.65. The van der Waals surface area contributed by atoms with Crippen molar-refractivity contribution in [2.24, 2.45) is 5.92 Å². The predicted molar refractivity (Wildman–Crippen MR) is 109 cm³/mol. The summed E-state index contributed by atoms with van der Waals surface area (Å²) < 4.78 is 6.98. The van der Waals surface area contributed by atoms with Crippen LogP contribution in [0.1, 0.15) is 20.8 Å². The Hall–Kier alpha value is -1.57. The highest BCUT2D eigenvalue weighted by atomic mass is 35.5. The van der Waals surface area contributed by atoms with Crippen LogP contribution in [0.25, 0.3) is 10.9 Å². The number of carbonyl (C=O) groups is 1. The fraction of sp³-hybridized carbons (Fsp3) is 0.526. The van der Waals surface area contributed by atoms with E-state index in [9.17, 15) is 9.59 Å². The quantitative estimate of drug-likeness (QED) is 0.561. The topological polar surface area (TPSA) is 64.4 Å². The standard InChI is InChI=1S/C19H24ClN3O3S/c1-12(2)11-23-18(25)15-10-14(20)4-5-16(15)21-19(23)27-13(3)17(24)22-6-8-26-9-7-22/h4-5,10,12-13H,6-9,11H2,1-3H3. The summed E-state index contributed by atoms with van der Waals surface area (Å²) in [7, 11) is 0. The van der Waals surface area contributed by atoms with Crippen molar-refractivity contribution in [3.8, 4) is 0 Å². The smallest absolute Gasteiger partial charge is 0.262 e. The lowest BCUT2D eigenvalue weighted by molar-refractivity contribution is -0.134. The molecule has 8 heteroatoms. The van der Waals surface area contributed by atoms with Crippen LogP contribution in [0.2, 0.25) is 5.02 Å². The molecule has 1 unspecified atom stereocenters. The maximum absolute atomic E-state index is 13.0. The van der Waals surface area contributed by atoms with E-state index in [1.54, 1.807) is 22.8 Å². The van der Waals surface area contributed by atoms with E-state index >= 15 is 0 Å². The van der Waals surface area contributed by atoms with E-state index in [-0.39, 0.29) is 22.6 Å². The Balaban J connectivity index is 1.95. The third-order valence-corrected chi connectivity index (χ3v) is 5.69. The van der Waals surface area contributed by atoms with Gasteiger partial charge in [0.1, 0.15) is 0 Å². The number of halogens is 1. The molecule has 0 radical (unpaired) electrons. The molecule has 0 spiro atoms. The van der Waals surface area contributed by atoms with Gasteiger partial charge >= 0.3 is 0 Å². The summed E-state index contributed by atoms with van der Waals surface area (Å²) in [5, 5.41) is 1.24. The fourth-order valence-electron chi connectivity index (χ4n) is 3.04. The van der Waals surface area contributed by atoms with Crippen molar-refractivity contribution < 1.29 is 9.53 Å². The average molecular weight is 410 g/mol. The lowest BCUT2D eigenvalue weighted by Crippen LogP contribution is -2.44. The maximum atomic E-state index is 13.0. The molecule has 0 saturated carbocycles. The highest BCUT2D eigenvalue weighted by molar-refractivity contribution is 8.00. The monoisotopic (exact) mass is 409 g/mol. The van der Waals surface area contributed by atoms with Crippen molar-refractivity contribution >= 4 is 40.2 Å². The number of ether oxygens (including phenoxy) is 1. The minimum absolute atomic E-state index is 0.0462. The molecule has 0 bridgehead atoms. The molecule has 0 aliphatic carbocycles. The van der Waals surface area contributed by atoms with Crippen LogP contribution in [-0.2, 0) is 16.1 Å². The van der Waals surface area contributed by atoms with Crippen LogP contribution in [0.5, 0.6) is 0 Å². The number of carbonyl (C=O) groups excluding carboxylic acids is 1. The van der Waals surface area contributed by atoms with Gasteiger partial charge in [-0.15, -0.1) is 0 Å². The van der Waals surface area contributed by atoms with Crippen LogP contribution in [0.15, 0.2) is 28.2 Å². The van der Waals surface area contributed by atoms with Crippen molar-refractivity contribution in [2.45, 2.75) is 37.7 Å². The molecule has 1 aromatic heterocycles. The number of hydrogen-bond donors (Lipinski definition) is 0. The zero-order chi connectivity index (χ0) is 19.6. The number of aromatic nitrogens is 2. The molecular formula is C19H24ClN3O3S. The normalized spacial score (nSPS) is 16.1. The number of benzene rings is 1. The zero-order valence-electron chi connectivity index (χ0n) is 15.8. The Kier molecular flexibility index (Phi) is 6.44. The number of morpholine rings is 1. The Morgan fingerprint density at radius 3 is 2.67 bits per heavy atom. The first-order chi connectivity index (χ1) is 12.9. The van der Waals surface area contributed by atoms with Crippen molar-refractivity contribution in [3.63, 3.8) is 0 Å². The van der Waals surface area contributed by atoms with Crippen LogP contribution < -0.4 is 5.56 Å². The first-order valence-corrected chi connectivity index (χ1v) is 10.4. The number of hydrogen-bond acceptors (Lipinski definition) is 5. The second-order valence-corrected chi connectivity index (χ2v) is 8.81. The first-order valence-electron chi connectivity index (χ1n) is 9.10. The van der Waals surface area contributed by atoms with Crippen LogP contribution in [0.3, 0.4) is 0 Å². The van der Waals surface area contributed by atoms with Gasteiger partial charge in [0, 0.05) is 24.7 Å². The van der Waals surface area contributed by atoms with Gasteiger partial charge in [0.15, 0.2) is 5.16 Å². The van der Waals surface area contributed by atoms with Gasteiger partial charge in [-0.25, -0.2) is 4.98 Å². The predicted octanol–water partition coefficient (Wildman–Crippen LogP) is 3.05. The summed E-state index contributed by atoms with van der Waals surface area (Å²) in [5.41, 5.74) is 0.475. The number of rotatable bonds is 5. The van der Waals surface area contributed by atoms with Gasteiger partial charge in [0.05, 0.1) is 29.4 Å². The molecule has 1 aliphatic heterocycles. The number of fused-ring (bicyclic) bond motifs is 1. The minimum Gasteiger partial charge on any atom is -0.378 e. The van der Waals surface area contributed by atoms with E-state index in [4.69, 9.17) is 16.3 Å². The molecule has 1 saturated heterocycles. The third kappa shape index (κ3) is 4.65. The Morgan fingerprint density at radius 2 is 2.00 bits per heavy atom. The molecular weight excluding hydrogens is 386 g/mol. The fourth-order valence-corrected chi connectivity index (χ4v) is 4.21. The first kappa shape index (κ1) is 20.2. The second kappa shape index (κ2) is 8.63. The van der Waals surface area contributed by atoms with Crippen molar-refractivity contribution in [2.75, 3.05) is 26.3 Å². The Bertz CT molecular complexity index is 894. The van der Waals surface area contributed by atoms with Gasteiger partial charge in [-0.1, -0.05) is 37.2 Å². The molecule has 6 nitrogen and oxygen atoms in total. The minimum atomic E-state index is -0.335. The summed E-state index contributed by atoms with van der Waals surface area (Å²) in [6.07, 6.45) is 0. The molecule has 2 heterocycles. The van der Waals surface area contributed by atoms with E-state index in [0.29, 0.717) is 53.9 Å². The summed E-state index contributed by atoms with van der Waals surface area (Å²) in [5.74, 6) is 0.315. The summed E-state index contributed by atoms with van der Waals surface area (Å²) >= 11 is 7.39. The SMILES string of the molecule is CC(C)Cn1c(SC(C)C(=O)N2CCOCC2)nc2ccc(Cl)cc2c1=O. The van der Waals surface area contributed by atoms with Crippen molar-refractivity contribution in [1.82, 2.24) is 14.5 Å². The lowest BCUT2D eigenvalue weighted by atomic mass is 10.2. The lowest BCUT2D eigenvalue weighted by Gasteiger charge is -2.29. The van der Waals surface area contributed by atoms with Gasteiger partial charge in [-0.2, -0.15) is 0 Å². The summed E-state index contributed by atoms with van der Waals surface area (Å²) in [6, 6.07) is 5.12. The third-order valence-electron chi connectivity index (χ3n) is 4.38. The number of nitrogens with zero attached hydrogens (tertiary/aromatic N) is 3. The van der Waals surface area contributed by atoms with Gasteiger partial charge in [-0.3, -0.25) is 14.2 Å². The Morgan fingerprint density at radius 1 is 1.30 bits per heavy atom. The molecule has 1 aliphatic rings. The van der Waals surface area contributed by atoms with Crippen LogP contribution >= 0.6 is 23.4 Å². The molecule has 1 atom stereocenters. The molecule has 1 aromatic carbocycles. The van der Waals surface area contributed by atoms with Gasteiger partial charge < -0.3 is 9.64 Å². The van der Waals surface area contributed by atoms with E-state index in [1.165, 1.54) is 11.8 Å². The van der Waals surface area contributed by atoms with E-state index in [2.05, 4.69) is 4.98 Å². The molecule has 1 amide bonds. The van der Waals surface area contributed by atoms with Crippen LogP contribution in [-0.4, -0.2) is 51.9 Å². The number of thioether (sulfide) groups is 1. The van der Waals surface area contributed by atoms with E-state index < -0.39 is 0 Å². The second-order valence-electron chi connectivity index (χ2n) is 7.06. The molecule has 1 fully saturated rings. The molecule has 0 N–H and O–H groups in total.